The van der Waals surface area contributed by atoms with E-state index in [4.69, 9.17) is 15.9 Å². The van der Waals surface area contributed by atoms with Crippen molar-refractivity contribution in [2.45, 2.75) is 38.8 Å². The van der Waals surface area contributed by atoms with Gasteiger partial charge in [0.05, 0.1) is 0 Å². The second-order valence-electron chi connectivity index (χ2n) is 5.40. The van der Waals surface area contributed by atoms with Gasteiger partial charge in [-0.2, -0.15) is 0 Å². The van der Waals surface area contributed by atoms with Gasteiger partial charge in [0.1, 0.15) is 6.42 Å². The van der Waals surface area contributed by atoms with Crippen LogP contribution in [0, 0.1) is 0 Å². The number of hydrogen-bond donors (Lipinski definition) is 3. The molecule has 7 nitrogen and oxygen atoms in total. The maximum atomic E-state index is 9.58. The van der Waals surface area contributed by atoms with E-state index < -0.39 is 24.5 Å². The molecule has 0 aromatic heterocycles. The second-order valence-corrected chi connectivity index (χ2v) is 5.40. The summed E-state index contributed by atoms with van der Waals surface area (Å²) in [6.45, 7) is 4.69. The Kier molecular flexibility index (Phi) is 16.8. The van der Waals surface area contributed by atoms with Crippen molar-refractivity contribution in [3.8, 4) is 0 Å². The number of hydrogen-bond acceptors (Lipinski definition) is 4. The summed E-state index contributed by atoms with van der Waals surface area (Å²) in [6.07, 6.45) is 0.954. The molecule has 4 N–H and O–H groups in total. The standard InChI is InChI=1S/C14H23N2O.C3H4O4.Pt/c1-2-3-9-16(12-14(17)10-15)11-13-7-5-4-6-8-13;4-2(5)1-3(6)7;/h4-8,14-15,17H,2-3,9-12H2,1H3;1H2,(H,4,5)(H,6,7);/q-1;;+2. The molecular weight excluding hydrogens is 507 g/mol. The number of rotatable bonds is 10. The average Bonchev–Trinajstić information content (AvgIpc) is 2.52. The van der Waals surface area contributed by atoms with Crippen molar-refractivity contribution in [1.82, 2.24) is 4.90 Å². The maximum absolute atomic E-state index is 9.58. The first-order valence-corrected chi connectivity index (χ1v) is 7.91. The molecule has 0 bridgehead atoms. The predicted octanol–water partition coefficient (Wildman–Crippen LogP) is 2.24. The third-order valence-electron chi connectivity index (χ3n) is 3.08. The number of carboxylic acid groups (broad SMARTS) is 2. The van der Waals surface area contributed by atoms with Crippen molar-refractivity contribution >= 4 is 11.9 Å². The van der Waals surface area contributed by atoms with E-state index >= 15 is 0 Å². The van der Waals surface area contributed by atoms with Gasteiger partial charge in [0.25, 0.3) is 0 Å². The summed E-state index contributed by atoms with van der Waals surface area (Å²) < 4.78 is 0. The molecule has 0 spiro atoms. The van der Waals surface area contributed by atoms with E-state index in [0.717, 1.165) is 25.9 Å². The molecule has 8 heteroatoms. The number of unbranched alkanes of at least 4 members (excludes halogenated alkanes) is 1. The van der Waals surface area contributed by atoms with Crippen molar-refractivity contribution in [2.75, 3.05) is 19.6 Å². The number of carboxylic acids is 2. The number of benzene rings is 1. The third kappa shape index (κ3) is 16.0. The van der Waals surface area contributed by atoms with Gasteiger partial charge in [-0.15, -0.1) is 6.54 Å². The van der Waals surface area contributed by atoms with E-state index in [1.54, 1.807) is 0 Å². The Hall–Kier alpha value is -1.27. The molecule has 0 fully saturated rings. The molecule has 0 amide bonds. The van der Waals surface area contributed by atoms with Crippen LogP contribution in [-0.4, -0.2) is 57.9 Å². The van der Waals surface area contributed by atoms with E-state index in [0.29, 0.717) is 6.54 Å². The van der Waals surface area contributed by atoms with Crippen LogP contribution in [0.3, 0.4) is 0 Å². The van der Waals surface area contributed by atoms with Gasteiger partial charge >= 0.3 is 33.0 Å². The van der Waals surface area contributed by atoms with Crippen LogP contribution in [0.1, 0.15) is 31.7 Å². The molecule has 25 heavy (non-hydrogen) atoms. The van der Waals surface area contributed by atoms with Gasteiger partial charge in [-0.25, -0.2) is 0 Å². The van der Waals surface area contributed by atoms with Gasteiger partial charge in [0.15, 0.2) is 0 Å². The van der Waals surface area contributed by atoms with Gasteiger partial charge < -0.3 is 21.1 Å². The Morgan fingerprint density at radius 2 is 1.72 bits per heavy atom. The summed E-state index contributed by atoms with van der Waals surface area (Å²) in [5, 5.41) is 25.0. The van der Waals surface area contributed by atoms with Gasteiger partial charge in [0.2, 0.25) is 0 Å². The number of aliphatic hydroxyl groups excluding tert-OH is 1. The van der Waals surface area contributed by atoms with E-state index in [1.807, 2.05) is 18.2 Å². The Labute approximate surface area is 163 Å². The number of nitrogens with one attached hydrogen (secondary N) is 1. The van der Waals surface area contributed by atoms with E-state index in [-0.39, 0.29) is 27.6 Å². The fraction of sp³-hybridized carbons (Fsp3) is 0.529. The first kappa shape index (κ1) is 26.0. The maximum Gasteiger partial charge on any atom is 2.00 e. The molecule has 1 aromatic rings. The quantitative estimate of drug-likeness (QED) is 0.396. The first-order valence-electron chi connectivity index (χ1n) is 7.91. The van der Waals surface area contributed by atoms with Crippen molar-refractivity contribution < 1.29 is 46.0 Å². The molecule has 0 aliphatic carbocycles. The molecule has 1 unspecified atom stereocenters. The van der Waals surface area contributed by atoms with Crippen LogP contribution in [0.5, 0.6) is 0 Å². The second kappa shape index (κ2) is 16.2. The molecule has 1 aromatic carbocycles. The predicted molar refractivity (Wildman–Crippen MR) is 91.7 cm³/mol. The van der Waals surface area contributed by atoms with E-state index in [1.165, 1.54) is 5.56 Å². The van der Waals surface area contributed by atoms with Crippen molar-refractivity contribution in [2.24, 2.45) is 0 Å². The van der Waals surface area contributed by atoms with Crippen LogP contribution in [-0.2, 0) is 37.2 Å². The van der Waals surface area contributed by atoms with Crippen LogP contribution >= 0.6 is 0 Å². The minimum atomic E-state index is -1.31. The van der Waals surface area contributed by atoms with Gasteiger partial charge in [-0.05, 0) is 18.5 Å². The number of aliphatic carboxylic acids is 2. The fourth-order valence-corrected chi connectivity index (χ4v) is 1.95. The number of aliphatic hydroxyl groups is 1. The Balaban J connectivity index is 0. The monoisotopic (exact) mass is 534 g/mol. The van der Waals surface area contributed by atoms with Crippen LogP contribution in [0.25, 0.3) is 5.73 Å². The van der Waals surface area contributed by atoms with Crippen molar-refractivity contribution in [3.05, 3.63) is 41.6 Å². The average molecular weight is 534 g/mol. The van der Waals surface area contributed by atoms with Gasteiger partial charge in [0, 0.05) is 19.2 Å². The van der Waals surface area contributed by atoms with E-state index in [2.05, 4.69) is 24.0 Å². The molecular formula is C17H27N2O5Pt+. The number of carbonyl (C=O) groups is 2. The van der Waals surface area contributed by atoms with Gasteiger partial charge in [-0.3, -0.25) is 14.5 Å². The van der Waals surface area contributed by atoms with Crippen LogP contribution in [0.2, 0.25) is 0 Å². The zero-order chi connectivity index (χ0) is 18.4. The Bertz CT molecular complexity index is 461. The Morgan fingerprint density at radius 1 is 1.16 bits per heavy atom. The molecule has 0 saturated heterocycles. The van der Waals surface area contributed by atoms with Crippen molar-refractivity contribution in [3.63, 3.8) is 0 Å². The normalized spacial score (nSPS) is 11.0. The zero-order valence-corrected chi connectivity index (χ0v) is 16.6. The zero-order valence-electron chi connectivity index (χ0n) is 14.3. The van der Waals surface area contributed by atoms with Crippen molar-refractivity contribution in [1.29, 1.82) is 0 Å². The summed E-state index contributed by atoms with van der Waals surface area (Å²) in [6, 6.07) is 10.3. The first-order chi connectivity index (χ1) is 11.4. The third-order valence-corrected chi connectivity index (χ3v) is 3.08. The smallest absolute Gasteiger partial charge is 0.675 e. The topological polar surface area (TPSA) is 122 Å². The molecule has 0 aliphatic rings. The van der Waals surface area contributed by atoms with E-state index in [9.17, 15) is 14.7 Å². The summed E-state index contributed by atoms with van der Waals surface area (Å²) in [7, 11) is 0. The minimum Gasteiger partial charge on any atom is -0.675 e. The molecule has 1 atom stereocenters. The van der Waals surface area contributed by atoms with Crippen LogP contribution < -0.4 is 0 Å². The molecule has 0 radical (unpaired) electrons. The fourth-order valence-electron chi connectivity index (χ4n) is 1.95. The SMILES string of the molecule is CCCCN(Cc1ccccc1)CC(O)C[NH-].O=C(O)CC(=O)O.[Pt+2]. The summed E-state index contributed by atoms with van der Waals surface area (Å²) in [5.41, 5.74) is 8.45. The van der Waals surface area contributed by atoms with Gasteiger partial charge in [-0.1, -0.05) is 43.7 Å². The number of nitrogens with zero attached hydrogens (tertiary/aromatic N) is 1. The summed E-state index contributed by atoms with van der Waals surface area (Å²) >= 11 is 0. The summed E-state index contributed by atoms with van der Waals surface area (Å²) in [4.78, 5) is 21.1. The molecule has 0 heterocycles. The Morgan fingerprint density at radius 3 is 2.12 bits per heavy atom. The molecule has 1 rings (SSSR count). The largest absolute Gasteiger partial charge is 2.00 e. The summed E-state index contributed by atoms with van der Waals surface area (Å²) in [5.74, 6) is -2.62. The molecule has 144 valence electrons. The minimum absolute atomic E-state index is 0. The van der Waals surface area contributed by atoms with Crippen LogP contribution in [0.4, 0.5) is 0 Å². The van der Waals surface area contributed by atoms with Crippen LogP contribution in [0.15, 0.2) is 30.3 Å². The molecule has 0 saturated carbocycles. The molecule has 0 aliphatic heterocycles.